The van der Waals surface area contributed by atoms with Gasteiger partial charge in [0.25, 0.3) is 0 Å². The first kappa shape index (κ1) is 26.8. The van der Waals surface area contributed by atoms with Gasteiger partial charge in [-0.2, -0.15) is 0 Å². The van der Waals surface area contributed by atoms with E-state index >= 15 is 0 Å². The van der Waals surface area contributed by atoms with Crippen LogP contribution < -0.4 is 9.46 Å². The molecule has 11 heteroatoms. The number of halogens is 1. The van der Waals surface area contributed by atoms with Crippen LogP contribution in [0.15, 0.2) is 42.5 Å². The number of rotatable bonds is 10. The summed E-state index contributed by atoms with van der Waals surface area (Å²) < 4.78 is 37.5. The Bertz CT molecular complexity index is 1400. The molecule has 38 heavy (non-hydrogen) atoms. The van der Waals surface area contributed by atoms with Crippen molar-refractivity contribution >= 4 is 38.6 Å². The van der Waals surface area contributed by atoms with Crippen LogP contribution in [0.5, 0.6) is 5.75 Å². The maximum atomic E-state index is 12.9. The summed E-state index contributed by atoms with van der Waals surface area (Å²) in [5, 5.41) is 11.9. The molecule has 1 fully saturated rings. The van der Waals surface area contributed by atoms with Gasteiger partial charge in [0, 0.05) is 34.7 Å². The van der Waals surface area contributed by atoms with E-state index in [1.165, 1.54) is 0 Å². The van der Waals surface area contributed by atoms with Gasteiger partial charge in [-0.25, -0.2) is 17.9 Å². The first-order valence-corrected chi connectivity index (χ1v) is 14.9. The number of nitrogens with zero attached hydrogens (tertiary/aromatic N) is 1. The zero-order valence-corrected chi connectivity index (χ0v) is 22.7. The van der Waals surface area contributed by atoms with Crippen LogP contribution in [-0.2, 0) is 21.2 Å². The number of hydrogen-bond acceptors (Lipinski definition) is 6. The number of carbonyl (C=O) groups excluding carboxylic acids is 1. The molecule has 3 aromatic rings. The summed E-state index contributed by atoms with van der Waals surface area (Å²) >= 11 is 6.26. The number of aliphatic hydroxyl groups is 1. The Labute approximate surface area is 227 Å². The molecule has 2 atom stereocenters. The first-order chi connectivity index (χ1) is 18.2. The maximum absolute atomic E-state index is 12.9. The van der Waals surface area contributed by atoms with E-state index in [1.807, 2.05) is 30.3 Å². The number of aliphatic hydroxyl groups excluding tert-OH is 1. The summed E-state index contributed by atoms with van der Waals surface area (Å²) in [5.74, 6) is 0.870. The number of benzene rings is 2. The maximum Gasteiger partial charge on any atom is 0.410 e. The Morgan fingerprint density at radius 1 is 1.24 bits per heavy atom. The number of aromatic amines is 1. The second kappa shape index (κ2) is 11.1. The molecule has 5 rings (SSSR count). The Balaban J connectivity index is 1.30. The van der Waals surface area contributed by atoms with Crippen LogP contribution in [0.1, 0.15) is 42.6 Å². The van der Waals surface area contributed by atoms with Crippen molar-refractivity contribution < 1.29 is 27.8 Å². The van der Waals surface area contributed by atoms with Crippen LogP contribution in [0.25, 0.3) is 10.9 Å². The zero-order valence-electron chi connectivity index (χ0n) is 21.2. The average Bonchev–Trinajstić information content (AvgIpc) is 3.63. The summed E-state index contributed by atoms with van der Waals surface area (Å²) in [6, 6.07) is 12.6. The van der Waals surface area contributed by atoms with Gasteiger partial charge in [-0.3, -0.25) is 4.90 Å². The third-order valence-corrected chi connectivity index (χ3v) is 8.67. The number of nitrogens with one attached hydrogen (secondary N) is 2. The molecule has 2 unspecified atom stereocenters. The fourth-order valence-corrected chi connectivity index (χ4v) is 6.58. The van der Waals surface area contributed by atoms with Crippen LogP contribution in [0.2, 0.25) is 5.02 Å². The number of carbonyl (C=O) groups is 1. The van der Waals surface area contributed by atoms with Gasteiger partial charge in [0.2, 0.25) is 10.0 Å². The van der Waals surface area contributed by atoms with Crippen molar-refractivity contribution in [2.75, 3.05) is 32.1 Å². The van der Waals surface area contributed by atoms with Gasteiger partial charge in [0.05, 0.1) is 12.4 Å². The number of aromatic nitrogens is 1. The van der Waals surface area contributed by atoms with E-state index in [2.05, 4.69) is 9.71 Å². The molecular formula is C27H32ClN3O6S. The summed E-state index contributed by atoms with van der Waals surface area (Å²) in [7, 11) is -3.39. The van der Waals surface area contributed by atoms with E-state index in [0.29, 0.717) is 23.7 Å². The van der Waals surface area contributed by atoms with E-state index in [1.54, 1.807) is 24.0 Å². The normalized spacial score (nSPS) is 18.3. The van der Waals surface area contributed by atoms with Crippen molar-refractivity contribution in [2.24, 2.45) is 5.92 Å². The van der Waals surface area contributed by atoms with Gasteiger partial charge < -0.3 is 19.6 Å². The standard InChI is InChI=1S/C27H32ClN3O6S/c1-2-36-27(33)31-12-11-22-23-13-19(28)7-10-24(23)30-25(22)26(31)18-5-8-21(9-6-18)37-15-20(32)14-29-38(34,35)16-17-3-4-17/h5-10,13,17,20,26,29-30,32H,2-4,11-12,14-16H2,1H3. The van der Waals surface area contributed by atoms with Gasteiger partial charge in [-0.1, -0.05) is 23.7 Å². The molecule has 0 bridgehead atoms. The molecule has 9 nitrogen and oxygen atoms in total. The molecular weight excluding hydrogens is 530 g/mol. The van der Waals surface area contributed by atoms with E-state index in [0.717, 1.165) is 40.6 Å². The molecule has 204 valence electrons. The Hall–Kier alpha value is -2.79. The van der Waals surface area contributed by atoms with Crippen molar-refractivity contribution in [3.05, 3.63) is 64.3 Å². The average molecular weight is 562 g/mol. The van der Waals surface area contributed by atoms with Gasteiger partial charge >= 0.3 is 6.09 Å². The van der Waals surface area contributed by atoms with Gasteiger partial charge in [-0.05, 0) is 73.6 Å². The van der Waals surface area contributed by atoms with Crippen LogP contribution in [0.4, 0.5) is 4.79 Å². The molecule has 1 aromatic heterocycles. The smallest absolute Gasteiger partial charge is 0.410 e. The van der Waals surface area contributed by atoms with Crippen molar-refractivity contribution in [2.45, 2.75) is 38.3 Å². The Morgan fingerprint density at radius 3 is 2.71 bits per heavy atom. The van der Waals surface area contributed by atoms with Crippen LogP contribution in [-0.4, -0.2) is 67.7 Å². The van der Waals surface area contributed by atoms with E-state index in [9.17, 15) is 18.3 Å². The van der Waals surface area contributed by atoms with Gasteiger partial charge in [0.1, 0.15) is 24.5 Å². The number of amides is 1. The largest absolute Gasteiger partial charge is 0.491 e. The topological polar surface area (TPSA) is 121 Å². The highest BCUT2D eigenvalue weighted by molar-refractivity contribution is 7.89. The van der Waals surface area contributed by atoms with Gasteiger partial charge in [0.15, 0.2) is 0 Å². The minimum Gasteiger partial charge on any atom is -0.491 e. The Morgan fingerprint density at radius 2 is 2.00 bits per heavy atom. The van der Waals surface area contributed by atoms with E-state index in [-0.39, 0.29) is 43.6 Å². The minimum absolute atomic E-state index is 0.0589. The van der Waals surface area contributed by atoms with Gasteiger partial charge in [-0.15, -0.1) is 0 Å². The second-order valence-electron chi connectivity index (χ2n) is 9.86. The zero-order chi connectivity index (χ0) is 26.9. The molecule has 3 N–H and O–H groups in total. The third-order valence-electron chi connectivity index (χ3n) is 6.92. The molecule has 1 saturated carbocycles. The fraction of sp³-hybridized carbons (Fsp3) is 0.444. The fourth-order valence-electron chi connectivity index (χ4n) is 4.88. The van der Waals surface area contributed by atoms with E-state index < -0.39 is 16.1 Å². The highest BCUT2D eigenvalue weighted by Crippen LogP contribution is 2.39. The lowest BCUT2D eigenvalue weighted by Crippen LogP contribution is -2.41. The lowest BCUT2D eigenvalue weighted by atomic mass is 9.92. The Kier molecular flexibility index (Phi) is 7.85. The highest BCUT2D eigenvalue weighted by atomic mass is 35.5. The van der Waals surface area contributed by atoms with E-state index in [4.69, 9.17) is 21.1 Å². The number of ether oxygens (including phenoxy) is 2. The number of H-pyrrole nitrogens is 1. The lowest BCUT2D eigenvalue weighted by molar-refractivity contribution is 0.0931. The molecule has 2 aromatic carbocycles. The summed E-state index contributed by atoms with van der Waals surface area (Å²) in [4.78, 5) is 18.1. The van der Waals surface area contributed by atoms with Crippen LogP contribution in [0.3, 0.4) is 0 Å². The summed E-state index contributed by atoms with van der Waals surface area (Å²) in [6.07, 6.45) is 1.19. The van der Waals surface area contributed by atoms with Crippen molar-refractivity contribution in [3.63, 3.8) is 0 Å². The summed E-state index contributed by atoms with van der Waals surface area (Å²) in [5.41, 5.74) is 3.87. The predicted octanol–water partition coefficient (Wildman–Crippen LogP) is 3.99. The monoisotopic (exact) mass is 561 g/mol. The quantitative estimate of drug-likeness (QED) is 0.344. The number of sulfonamides is 1. The molecule has 1 aliphatic heterocycles. The highest BCUT2D eigenvalue weighted by Gasteiger charge is 2.35. The number of hydrogen-bond donors (Lipinski definition) is 3. The second-order valence-corrected chi connectivity index (χ2v) is 12.1. The minimum atomic E-state index is -3.39. The summed E-state index contributed by atoms with van der Waals surface area (Å²) in [6.45, 7) is 2.40. The third kappa shape index (κ3) is 6.09. The van der Waals surface area contributed by atoms with Crippen LogP contribution in [0, 0.1) is 5.92 Å². The van der Waals surface area contributed by atoms with Crippen LogP contribution >= 0.6 is 11.6 Å². The van der Waals surface area contributed by atoms with Crippen molar-refractivity contribution in [1.29, 1.82) is 0 Å². The predicted molar refractivity (Wildman–Crippen MR) is 145 cm³/mol. The molecule has 1 aliphatic carbocycles. The molecule has 2 heterocycles. The molecule has 2 aliphatic rings. The first-order valence-electron chi connectivity index (χ1n) is 12.9. The molecule has 0 saturated heterocycles. The molecule has 1 amide bonds. The SMILES string of the molecule is CCOC(=O)N1CCc2c([nH]c3ccc(Cl)cc23)C1c1ccc(OCC(O)CNS(=O)(=O)CC2CC2)cc1. The lowest BCUT2D eigenvalue weighted by Gasteiger charge is -2.35. The molecule has 0 radical (unpaired) electrons. The molecule has 0 spiro atoms. The van der Waals surface area contributed by atoms with Crippen molar-refractivity contribution in [1.82, 2.24) is 14.6 Å². The van der Waals surface area contributed by atoms with Crippen molar-refractivity contribution in [3.8, 4) is 5.75 Å². The number of fused-ring (bicyclic) bond motifs is 3.